The van der Waals surface area contributed by atoms with Gasteiger partial charge in [0, 0.05) is 24.1 Å². The maximum absolute atomic E-state index is 13.9. The van der Waals surface area contributed by atoms with E-state index in [1.807, 2.05) is 6.07 Å². The van der Waals surface area contributed by atoms with Gasteiger partial charge in [0.1, 0.15) is 22.7 Å². The summed E-state index contributed by atoms with van der Waals surface area (Å²) in [5.74, 6) is -2.38. The van der Waals surface area contributed by atoms with E-state index in [-0.39, 0.29) is 16.9 Å². The standard InChI is InChI=1S/C23H19F4N3/c24-14-5-6-19-16(10-14)15(7-8-28-19)13-3-1-12(2-4-13)9-20-29-22-18(26)11-17(25)21(27)23(22)30-20/h5-8,10-13H,1-4,9H2,(H,29,30). The van der Waals surface area contributed by atoms with Crippen LogP contribution in [0.2, 0.25) is 0 Å². The second-order valence-electron chi connectivity index (χ2n) is 8.04. The first-order chi connectivity index (χ1) is 14.5. The van der Waals surface area contributed by atoms with Crippen molar-refractivity contribution < 1.29 is 17.6 Å². The molecule has 0 saturated heterocycles. The van der Waals surface area contributed by atoms with E-state index < -0.39 is 17.5 Å². The predicted molar refractivity (Wildman–Crippen MR) is 106 cm³/mol. The summed E-state index contributed by atoms with van der Waals surface area (Å²) in [4.78, 5) is 11.2. The summed E-state index contributed by atoms with van der Waals surface area (Å²) in [5.41, 5.74) is 1.51. The lowest BCUT2D eigenvalue weighted by Gasteiger charge is -2.29. The van der Waals surface area contributed by atoms with Gasteiger partial charge in [0.15, 0.2) is 17.5 Å². The summed E-state index contributed by atoms with van der Waals surface area (Å²) in [5, 5.41) is 0.853. The number of nitrogens with zero attached hydrogens (tertiary/aromatic N) is 2. The molecular formula is C23H19F4N3. The van der Waals surface area contributed by atoms with Crippen LogP contribution in [0.15, 0.2) is 36.5 Å². The topological polar surface area (TPSA) is 41.6 Å². The van der Waals surface area contributed by atoms with E-state index >= 15 is 0 Å². The van der Waals surface area contributed by atoms with Crippen LogP contribution < -0.4 is 0 Å². The van der Waals surface area contributed by atoms with Crippen molar-refractivity contribution in [3.63, 3.8) is 0 Å². The van der Waals surface area contributed by atoms with Gasteiger partial charge in [-0.15, -0.1) is 0 Å². The maximum Gasteiger partial charge on any atom is 0.184 e. The molecule has 0 bridgehead atoms. The minimum atomic E-state index is -1.23. The fourth-order valence-corrected chi connectivity index (χ4v) is 4.66. The van der Waals surface area contributed by atoms with Crippen molar-refractivity contribution in [3.8, 4) is 0 Å². The van der Waals surface area contributed by atoms with Gasteiger partial charge in [-0.1, -0.05) is 0 Å². The SMILES string of the molecule is Fc1ccc2nccc(C3CCC(Cc4nc5c(F)cc(F)c(F)c5[nH]4)CC3)c2c1. The first kappa shape index (κ1) is 19.0. The zero-order valence-corrected chi connectivity index (χ0v) is 16.1. The van der Waals surface area contributed by atoms with Gasteiger partial charge < -0.3 is 4.98 Å². The van der Waals surface area contributed by atoms with E-state index in [1.165, 1.54) is 6.07 Å². The number of hydrogen-bond donors (Lipinski definition) is 1. The fraction of sp³-hybridized carbons (Fsp3) is 0.304. The summed E-state index contributed by atoms with van der Waals surface area (Å²) in [6, 6.07) is 7.14. The fourth-order valence-electron chi connectivity index (χ4n) is 4.66. The minimum Gasteiger partial charge on any atom is -0.339 e. The van der Waals surface area contributed by atoms with E-state index in [1.54, 1.807) is 18.3 Å². The second-order valence-corrected chi connectivity index (χ2v) is 8.04. The molecule has 3 nitrogen and oxygen atoms in total. The molecule has 2 aromatic carbocycles. The molecule has 0 radical (unpaired) electrons. The lowest BCUT2D eigenvalue weighted by molar-refractivity contribution is 0.322. The van der Waals surface area contributed by atoms with Crippen LogP contribution in [-0.4, -0.2) is 15.0 Å². The first-order valence-corrected chi connectivity index (χ1v) is 10.1. The summed E-state index contributed by atoms with van der Waals surface area (Å²) in [6.07, 6.45) is 6.00. The number of imidazole rings is 1. The molecule has 30 heavy (non-hydrogen) atoms. The molecule has 0 unspecified atom stereocenters. The molecule has 1 N–H and O–H groups in total. The van der Waals surface area contributed by atoms with Crippen LogP contribution >= 0.6 is 0 Å². The summed E-state index contributed by atoms with van der Waals surface area (Å²) < 4.78 is 55.0. The number of nitrogens with one attached hydrogen (secondary N) is 1. The van der Waals surface area contributed by atoms with Crippen molar-refractivity contribution in [2.45, 2.75) is 38.0 Å². The van der Waals surface area contributed by atoms with Crippen LogP contribution in [-0.2, 0) is 6.42 Å². The van der Waals surface area contributed by atoms with Gasteiger partial charge in [-0.05, 0) is 67.3 Å². The molecule has 154 valence electrons. The van der Waals surface area contributed by atoms with Gasteiger partial charge in [-0.3, -0.25) is 4.98 Å². The Morgan fingerprint density at radius 3 is 2.53 bits per heavy atom. The lowest BCUT2D eigenvalue weighted by Crippen LogP contribution is -2.16. The zero-order chi connectivity index (χ0) is 20.8. The summed E-state index contributed by atoms with van der Waals surface area (Å²) in [7, 11) is 0. The van der Waals surface area contributed by atoms with Crippen molar-refractivity contribution in [1.29, 1.82) is 0 Å². The van der Waals surface area contributed by atoms with Crippen LogP contribution in [0.5, 0.6) is 0 Å². The highest BCUT2D eigenvalue weighted by molar-refractivity contribution is 5.82. The van der Waals surface area contributed by atoms with E-state index in [2.05, 4.69) is 15.0 Å². The molecule has 0 atom stereocenters. The van der Waals surface area contributed by atoms with Gasteiger partial charge >= 0.3 is 0 Å². The molecule has 1 fully saturated rings. The Morgan fingerprint density at radius 1 is 0.933 bits per heavy atom. The third-order valence-electron chi connectivity index (χ3n) is 6.17. The molecule has 0 aliphatic heterocycles. The van der Waals surface area contributed by atoms with Gasteiger partial charge in [0.05, 0.1) is 5.52 Å². The van der Waals surface area contributed by atoms with Crippen molar-refractivity contribution in [3.05, 3.63) is 71.2 Å². The molecule has 0 amide bonds. The Balaban J connectivity index is 1.32. The predicted octanol–water partition coefficient (Wildman–Crippen LogP) is 6.18. The highest BCUT2D eigenvalue weighted by Crippen LogP contribution is 2.39. The molecule has 4 aromatic rings. The van der Waals surface area contributed by atoms with Crippen LogP contribution in [0.3, 0.4) is 0 Å². The Labute approximate surface area is 170 Å². The van der Waals surface area contributed by atoms with Crippen molar-refractivity contribution in [2.24, 2.45) is 5.92 Å². The van der Waals surface area contributed by atoms with Gasteiger partial charge in [0.2, 0.25) is 0 Å². The van der Waals surface area contributed by atoms with Crippen LogP contribution in [0.1, 0.15) is 43.0 Å². The third-order valence-corrected chi connectivity index (χ3v) is 6.17. The number of halogens is 4. The smallest absolute Gasteiger partial charge is 0.184 e. The molecule has 1 aliphatic rings. The molecular weight excluding hydrogens is 394 g/mol. The number of aromatic amines is 1. The van der Waals surface area contributed by atoms with Gasteiger partial charge in [0.25, 0.3) is 0 Å². The number of benzene rings is 2. The quantitative estimate of drug-likeness (QED) is 0.322. The number of hydrogen-bond acceptors (Lipinski definition) is 2. The number of fused-ring (bicyclic) bond motifs is 2. The van der Waals surface area contributed by atoms with Gasteiger partial charge in [-0.2, -0.15) is 0 Å². The van der Waals surface area contributed by atoms with E-state index in [9.17, 15) is 17.6 Å². The Bertz CT molecular complexity index is 1240. The number of aromatic nitrogens is 3. The largest absolute Gasteiger partial charge is 0.339 e. The van der Waals surface area contributed by atoms with Gasteiger partial charge in [-0.25, -0.2) is 22.5 Å². The molecule has 0 spiro atoms. The van der Waals surface area contributed by atoms with Crippen LogP contribution in [0.4, 0.5) is 17.6 Å². The highest BCUT2D eigenvalue weighted by Gasteiger charge is 2.25. The van der Waals surface area contributed by atoms with Crippen molar-refractivity contribution >= 4 is 21.9 Å². The van der Waals surface area contributed by atoms with Crippen LogP contribution in [0.25, 0.3) is 21.9 Å². The van der Waals surface area contributed by atoms with Crippen molar-refractivity contribution in [1.82, 2.24) is 15.0 Å². The minimum absolute atomic E-state index is 0.164. The Kier molecular flexibility index (Phi) is 4.68. The first-order valence-electron chi connectivity index (χ1n) is 10.1. The highest BCUT2D eigenvalue weighted by atomic mass is 19.2. The Morgan fingerprint density at radius 2 is 1.73 bits per heavy atom. The third kappa shape index (κ3) is 3.32. The zero-order valence-electron chi connectivity index (χ0n) is 16.1. The normalized spacial score (nSPS) is 19.6. The molecule has 1 aliphatic carbocycles. The Hall–Kier alpha value is -2.96. The molecule has 7 heteroatoms. The van der Waals surface area contributed by atoms with Crippen molar-refractivity contribution in [2.75, 3.05) is 0 Å². The number of pyridine rings is 1. The summed E-state index contributed by atoms with van der Waals surface area (Å²) >= 11 is 0. The average molecular weight is 413 g/mol. The van der Waals surface area contributed by atoms with E-state index in [4.69, 9.17) is 0 Å². The molecule has 5 rings (SSSR count). The lowest BCUT2D eigenvalue weighted by atomic mass is 9.77. The number of H-pyrrole nitrogens is 1. The second kappa shape index (κ2) is 7.38. The maximum atomic E-state index is 13.9. The monoisotopic (exact) mass is 413 g/mol. The van der Waals surface area contributed by atoms with Crippen LogP contribution in [0, 0.1) is 29.2 Å². The molecule has 1 saturated carbocycles. The van der Waals surface area contributed by atoms with E-state index in [0.29, 0.717) is 30.1 Å². The number of rotatable bonds is 3. The van der Waals surface area contributed by atoms with E-state index in [0.717, 1.165) is 42.1 Å². The molecule has 2 aromatic heterocycles. The average Bonchev–Trinajstić information content (AvgIpc) is 3.17. The summed E-state index contributed by atoms with van der Waals surface area (Å²) in [6.45, 7) is 0. The molecule has 2 heterocycles.